The van der Waals surface area contributed by atoms with E-state index in [0.717, 1.165) is 0 Å². The van der Waals surface area contributed by atoms with E-state index in [1.807, 2.05) is 20.8 Å². The number of carbonyl (C=O) groups is 2. The number of ether oxygens (including phenoxy) is 2. The summed E-state index contributed by atoms with van der Waals surface area (Å²) in [6.07, 6.45) is 0.227. The summed E-state index contributed by atoms with van der Waals surface area (Å²) in [5, 5.41) is 0. The number of likely N-dealkylation sites (tertiary alicyclic amines) is 1. The fourth-order valence-electron chi connectivity index (χ4n) is 1.56. The van der Waals surface area contributed by atoms with Gasteiger partial charge in [-0.05, 0) is 27.2 Å². The topological polar surface area (TPSA) is 81.9 Å². The van der Waals surface area contributed by atoms with Gasteiger partial charge < -0.3 is 20.1 Å². The van der Waals surface area contributed by atoms with Gasteiger partial charge in [0.25, 0.3) is 0 Å². The number of nitrogens with two attached hydrogens (primary N) is 1. The molecule has 0 aromatic carbocycles. The smallest absolute Gasteiger partial charge is 0.410 e. The molecule has 6 nitrogen and oxygen atoms in total. The number of nitrogens with zero attached hydrogens (tertiary/aromatic N) is 1. The van der Waals surface area contributed by atoms with Gasteiger partial charge in [-0.15, -0.1) is 0 Å². The van der Waals surface area contributed by atoms with E-state index in [1.165, 1.54) is 0 Å². The van der Waals surface area contributed by atoms with Crippen LogP contribution in [0, 0.1) is 0 Å². The molecule has 1 rings (SSSR count). The predicted octanol–water partition coefficient (Wildman–Crippen LogP) is 0.498. The minimum Gasteiger partial charge on any atom is -0.444 e. The molecular formula is C11H20N2O4. The molecule has 1 fully saturated rings. The van der Waals surface area contributed by atoms with E-state index in [-0.39, 0.29) is 18.8 Å². The quantitative estimate of drug-likeness (QED) is 0.783. The molecule has 1 aliphatic heterocycles. The van der Waals surface area contributed by atoms with Crippen LogP contribution in [0.5, 0.6) is 0 Å². The lowest BCUT2D eigenvalue weighted by Crippen LogP contribution is -2.36. The molecule has 98 valence electrons. The maximum Gasteiger partial charge on any atom is 0.410 e. The Morgan fingerprint density at radius 2 is 2.06 bits per heavy atom. The van der Waals surface area contributed by atoms with Crippen molar-refractivity contribution < 1.29 is 19.1 Å². The van der Waals surface area contributed by atoms with Gasteiger partial charge >= 0.3 is 6.09 Å². The maximum absolute atomic E-state index is 11.7. The van der Waals surface area contributed by atoms with Gasteiger partial charge in [0.2, 0.25) is 5.91 Å². The van der Waals surface area contributed by atoms with Crippen LogP contribution >= 0.6 is 0 Å². The first-order valence-corrected chi connectivity index (χ1v) is 5.66. The number of hydrogen-bond donors (Lipinski definition) is 1. The Hall–Kier alpha value is -1.30. The molecule has 0 saturated carbocycles. The standard InChI is InChI=1S/C11H20N2O4/c1-11(2,3)17-10(15)13-5-4-8(6-13)16-7-9(12)14/h8H,4-7H2,1-3H3,(H2,12,14)/t8-/m0/s1. The third-order valence-electron chi connectivity index (χ3n) is 2.26. The number of rotatable bonds is 3. The molecule has 1 aliphatic rings. The summed E-state index contributed by atoms with van der Waals surface area (Å²) in [4.78, 5) is 23.8. The SMILES string of the molecule is CC(C)(C)OC(=O)N1CC[C@H](OCC(N)=O)C1. The summed E-state index contributed by atoms with van der Waals surface area (Å²) in [6, 6.07) is 0. The van der Waals surface area contributed by atoms with Crippen LogP contribution in [-0.4, -0.2) is 48.3 Å². The van der Waals surface area contributed by atoms with Crippen molar-refractivity contribution in [3.8, 4) is 0 Å². The molecule has 17 heavy (non-hydrogen) atoms. The van der Waals surface area contributed by atoms with Crippen LogP contribution in [-0.2, 0) is 14.3 Å². The molecule has 1 saturated heterocycles. The van der Waals surface area contributed by atoms with Crippen molar-refractivity contribution >= 4 is 12.0 Å². The molecule has 1 atom stereocenters. The molecular weight excluding hydrogens is 224 g/mol. The van der Waals surface area contributed by atoms with Gasteiger partial charge in [0, 0.05) is 6.54 Å². The largest absolute Gasteiger partial charge is 0.444 e. The van der Waals surface area contributed by atoms with Crippen LogP contribution in [0.1, 0.15) is 27.2 Å². The Labute approximate surface area is 101 Å². The molecule has 2 N–H and O–H groups in total. The third-order valence-corrected chi connectivity index (χ3v) is 2.26. The van der Waals surface area contributed by atoms with Crippen LogP contribution < -0.4 is 5.73 Å². The van der Waals surface area contributed by atoms with E-state index >= 15 is 0 Å². The van der Waals surface area contributed by atoms with Crippen LogP contribution in [0.2, 0.25) is 0 Å². The summed E-state index contributed by atoms with van der Waals surface area (Å²) >= 11 is 0. The van der Waals surface area contributed by atoms with Gasteiger partial charge in [-0.25, -0.2) is 4.79 Å². The molecule has 0 unspecified atom stereocenters. The first kappa shape index (κ1) is 13.8. The van der Waals surface area contributed by atoms with E-state index in [4.69, 9.17) is 15.2 Å². The highest BCUT2D eigenvalue weighted by Crippen LogP contribution is 2.16. The predicted molar refractivity (Wildman–Crippen MR) is 61.4 cm³/mol. The van der Waals surface area contributed by atoms with Crippen molar-refractivity contribution in [1.29, 1.82) is 0 Å². The van der Waals surface area contributed by atoms with Crippen LogP contribution in [0.4, 0.5) is 4.79 Å². The minimum absolute atomic E-state index is 0.104. The zero-order valence-corrected chi connectivity index (χ0v) is 10.6. The minimum atomic E-state index is -0.499. The zero-order chi connectivity index (χ0) is 13.1. The second-order valence-corrected chi connectivity index (χ2v) is 5.11. The molecule has 2 amide bonds. The number of hydrogen-bond acceptors (Lipinski definition) is 4. The van der Waals surface area contributed by atoms with Crippen molar-refractivity contribution in [2.75, 3.05) is 19.7 Å². The summed E-state index contributed by atoms with van der Waals surface area (Å²) in [5.74, 6) is -0.499. The van der Waals surface area contributed by atoms with E-state index in [9.17, 15) is 9.59 Å². The maximum atomic E-state index is 11.7. The van der Waals surface area contributed by atoms with Crippen molar-refractivity contribution in [2.24, 2.45) is 5.73 Å². The fraction of sp³-hybridized carbons (Fsp3) is 0.818. The van der Waals surface area contributed by atoms with Gasteiger partial charge in [-0.2, -0.15) is 0 Å². The van der Waals surface area contributed by atoms with E-state index in [0.29, 0.717) is 19.5 Å². The highest BCUT2D eigenvalue weighted by atomic mass is 16.6. The van der Waals surface area contributed by atoms with E-state index in [1.54, 1.807) is 4.90 Å². The van der Waals surface area contributed by atoms with Crippen molar-refractivity contribution in [3.63, 3.8) is 0 Å². The highest BCUT2D eigenvalue weighted by Gasteiger charge is 2.30. The van der Waals surface area contributed by atoms with E-state index in [2.05, 4.69) is 0 Å². The first-order valence-electron chi connectivity index (χ1n) is 5.66. The first-order chi connectivity index (χ1) is 7.78. The average Bonchev–Trinajstić information content (AvgIpc) is 2.60. The zero-order valence-electron chi connectivity index (χ0n) is 10.6. The summed E-state index contributed by atoms with van der Waals surface area (Å²) < 4.78 is 10.5. The van der Waals surface area contributed by atoms with Crippen molar-refractivity contribution in [1.82, 2.24) is 4.90 Å². The highest BCUT2D eigenvalue weighted by molar-refractivity contribution is 5.75. The van der Waals surface area contributed by atoms with Crippen molar-refractivity contribution in [2.45, 2.75) is 38.9 Å². The Kier molecular flexibility index (Phi) is 4.34. The van der Waals surface area contributed by atoms with Gasteiger partial charge in [-0.1, -0.05) is 0 Å². The monoisotopic (exact) mass is 244 g/mol. The second-order valence-electron chi connectivity index (χ2n) is 5.11. The Morgan fingerprint density at radius 3 is 2.59 bits per heavy atom. The molecule has 0 spiro atoms. The molecule has 0 aromatic rings. The molecule has 0 bridgehead atoms. The average molecular weight is 244 g/mol. The Morgan fingerprint density at radius 1 is 1.41 bits per heavy atom. The normalized spacial score (nSPS) is 20.4. The molecule has 1 heterocycles. The molecule has 6 heteroatoms. The van der Waals surface area contributed by atoms with Crippen LogP contribution in [0.3, 0.4) is 0 Å². The summed E-state index contributed by atoms with van der Waals surface area (Å²) in [5.41, 5.74) is 4.48. The number of carbonyl (C=O) groups excluding carboxylic acids is 2. The Balaban J connectivity index is 2.34. The van der Waals surface area contributed by atoms with Gasteiger partial charge in [0.1, 0.15) is 12.2 Å². The molecule has 0 aromatic heterocycles. The van der Waals surface area contributed by atoms with Gasteiger partial charge in [-0.3, -0.25) is 4.79 Å². The third kappa shape index (κ3) is 5.04. The summed E-state index contributed by atoms with van der Waals surface area (Å²) in [7, 11) is 0. The fourth-order valence-corrected chi connectivity index (χ4v) is 1.56. The molecule has 0 aliphatic carbocycles. The lowest BCUT2D eigenvalue weighted by molar-refractivity contribution is -0.124. The second kappa shape index (κ2) is 5.35. The van der Waals surface area contributed by atoms with Crippen LogP contribution in [0.25, 0.3) is 0 Å². The lowest BCUT2D eigenvalue weighted by atomic mass is 10.2. The number of amides is 2. The number of primary amides is 1. The van der Waals surface area contributed by atoms with Crippen LogP contribution in [0.15, 0.2) is 0 Å². The van der Waals surface area contributed by atoms with Gasteiger partial charge in [0.05, 0.1) is 12.6 Å². The molecule has 0 radical (unpaired) electrons. The van der Waals surface area contributed by atoms with Gasteiger partial charge in [0.15, 0.2) is 0 Å². The van der Waals surface area contributed by atoms with Crippen molar-refractivity contribution in [3.05, 3.63) is 0 Å². The van der Waals surface area contributed by atoms with E-state index < -0.39 is 11.5 Å². The summed E-state index contributed by atoms with van der Waals surface area (Å²) in [6.45, 7) is 6.39. The lowest BCUT2D eigenvalue weighted by Gasteiger charge is -2.24. The Bertz CT molecular complexity index is 298.